The molecule has 8 nitrogen and oxygen atoms in total. The molecular formula is C26H32N4O4S. The number of nitrogens with one attached hydrogen (secondary N) is 1. The number of benzene rings is 2. The maximum atomic E-state index is 13.0. The van der Waals surface area contributed by atoms with E-state index in [2.05, 4.69) is 5.32 Å². The van der Waals surface area contributed by atoms with E-state index >= 15 is 0 Å². The first-order chi connectivity index (χ1) is 16.7. The standard InChI is InChI=1S/C26H32N4O4S/c1-16-5-9-20(10-6-16)30-25(26(31)27-3)22-13-21(18-7-8-18)24(14-23(22)28-30)29(35(4,32)33)12-11-19-15-34-17(19)2/h5-6,9-10,13-14,17-19H,7-8,11-12,15H2,1-4H3,(H,27,31)/t17-,19-/m1/s1. The van der Waals surface area contributed by atoms with Crippen LogP contribution >= 0.6 is 0 Å². The largest absolute Gasteiger partial charge is 0.378 e. The van der Waals surface area contributed by atoms with Crippen molar-refractivity contribution in [3.8, 4) is 5.69 Å². The van der Waals surface area contributed by atoms with Crippen molar-refractivity contribution in [3.05, 3.63) is 53.2 Å². The number of carbonyl (C=O) groups excluding carboxylic acids is 1. The van der Waals surface area contributed by atoms with Gasteiger partial charge in [0, 0.05) is 24.9 Å². The van der Waals surface area contributed by atoms with Gasteiger partial charge >= 0.3 is 0 Å². The maximum Gasteiger partial charge on any atom is 0.270 e. The third-order valence-electron chi connectivity index (χ3n) is 7.17. The Bertz CT molecular complexity index is 1380. The number of rotatable bonds is 8. The molecule has 5 rings (SSSR count). The van der Waals surface area contributed by atoms with Crippen molar-refractivity contribution in [3.63, 3.8) is 0 Å². The highest BCUT2D eigenvalue weighted by Crippen LogP contribution is 2.47. The Morgan fingerprint density at radius 1 is 1.23 bits per heavy atom. The van der Waals surface area contributed by atoms with Crippen molar-refractivity contribution >= 4 is 32.5 Å². The number of hydrogen-bond donors (Lipinski definition) is 1. The molecule has 0 spiro atoms. The third kappa shape index (κ3) is 4.54. The zero-order chi connectivity index (χ0) is 24.9. The number of anilines is 1. The van der Waals surface area contributed by atoms with E-state index in [4.69, 9.17) is 9.84 Å². The average Bonchev–Trinajstić information content (AvgIpc) is 3.59. The number of aryl methyl sites for hydroxylation is 1. The van der Waals surface area contributed by atoms with Crippen LogP contribution in [0.25, 0.3) is 16.6 Å². The second-order valence-electron chi connectivity index (χ2n) is 9.80. The van der Waals surface area contributed by atoms with Crippen molar-refractivity contribution in [1.29, 1.82) is 0 Å². The molecule has 1 amide bonds. The third-order valence-corrected chi connectivity index (χ3v) is 8.35. The van der Waals surface area contributed by atoms with Crippen LogP contribution in [0.3, 0.4) is 0 Å². The minimum absolute atomic E-state index is 0.155. The zero-order valence-corrected chi connectivity index (χ0v) is 21.4. The monoisotopic (exact) mass is 496 g/mol. The Labute approximate surface area is 206 Å². The maximum absolute atomic E-state index is 13.0. The molecule has 2 fully saturated rings. The average molecular weight is 497 g/mol. The van der Waals surface area contributed by atoms with E-state index in [1.54, 1.807) is 11.7 Å². The lowest BCUT2D eigenvalue weighted by Gasteiger charge is -2.36. The van der Waals surface area contributed by atoms with E-state index in [1.165, 1.54) is 10.6 Å². The SMILES string of the molecule is CNC(=O)c1c2cc(C3CC3)c(N(CC[C@@H]3CO[C@@H]3C)S(C)(=O)=O)cc2nn1-c1ccc(C)cc1. The van der Waals surface area contributed by atoms with Crippen molar-refractivity contribution in [2.45, 2.75) is 45.1 Å². The lowest BCUT2D eigenvalue weighted by Crippen LogP contribution is -2.41. The van der Waals surface area contributed by atoms with Gasteiger partial charge in [-0.1, -0.05) is 17.7 Å². The second kappa shape index (κ2) is 8.95. The topological polar surface area (TPSA) is 93.5 Å². The molecule has 1 aliphatic carbocycles. The molecule has 2 heterocycles. The van der Waals surface area contributed by atoms with Gasteiger partial charge in [0.1, 0.15) is 5.69 Å². The van der Waals surface area contributed by atoms with Crippen molar-refractivity contribution < 1.29 is 17.9 Å². The van der Waals surface area contributed by atoms with E-state index in [9.17, 15) is 13.2 Å². The number of sulfonamides is 1. The first-order valence-corrected chi connectivity index (χ1v) is 14.0. The Morgan fingerprint density at radius 2 is 1.94 bits per heavy atom. The fourth-order valence-corrected chi connectivity index (χ4v) is 5.73. The number of nitrogens with zero attached hydrogens (tertiary/aromatic N) is 3. The van der Waals surface area contributed by atoms with Crippen LogP contribution in [0.15, 0.2) is 36.4 Å². The molecule has 9 heteroatoms. The van der Waals surface area contributed by atoms with Crippen molar-refractivity contribution in [1.82, 2.24) is 15.1 Å². The number of fused-ring (bicyclic) bond motifs is 1. The molecule has 1 saturated carbocycles. The van der Waals surface area contributed by atoms with Crippen LogP contribution in [0.2, 0.25) is 0 Å². The van der Waals surface area contributed by atoms with Gasteiger partial charge in [-0.05, 0) is 68.9 Å². The smallest absolute Gasteiger partial charge is 0.270 e. The van der Waals surface area contributed by atoms with Gasteiger partial charge in [-0.3, -0.25) is 9.10 Å². The highest BCUT2D eigenvalue weighted by molar-refractivity contribution is 7.92. The van der Waals surface area contributed by atoms with E-state index in [1.807, 2.05) is 50.2 Å². The van der Waals surface area contributed by atoms with Gasteiger partial charge in [0.15, 0.2) is 0 Å². The summed E-state index contributed by atoms with van der Waals surface area (Å²) in [6.07, 6.45) is 4.16. The first-order valence-electron chi connectivity index (χ1n) is 12.1. The molecule has 0 unspecified atom stereocenters. The van der Waals surface area contributed by atoms with Gasteiger partial charge in [-0.25, -0.2) is 13.1 Å². The van der Waals surface area contributed by atoms with E-state index in [0.29, 0.717) is 36.0 Å². The normalized spacial score (nSPS) is 20.0. The Morgan fingerprint density at radius 3 is 2.49 bits per heavy atom. The van der Waals surface area contributed by atoms with Crippen LogP contribution < -0.4 is 9.62 Å². The summed E-state index contributed by atoms with van der Waals surface area (Å²) in [6, 6.07) is 11.7. The fraction of sp³-hybridized carbons (Fsp3) is 0.462. The molecule has 3 aromatic rings. The van der Waals surface area contributed by atoms with E-state index in [-0.39, 0.29) is 17.9 Å². The van der Waals surface area contributed by atoms with Crippen LogP contribution in [0, 0.1) is 12.8 Å². The summed E-state index contributed by atoms with van der Waals surface area (Å²) in [5.74, 6) is 0.402. The second-order valence-corrected chi connectivity index (χ2v) is 11.7. The molecule has 0 radical (unpaired) electrons. The van der Waals surface area contributed by atoms with E-state index < -0.39 is 10.0 Å². The van der Waals surface area contributed by atoms with Crippen LogP contribution in [0.1, 0.15) is 53.7 Å². The van der Waals surface area contributed by atoms with Crippen LogP contribution in [0.4, 0.5) is 5.69 Å². The summed E-state index contributed by atoms with van der Waals surface area (Å²) < 4.78 is 34.6. The highest BCUT2D eigenvalue weighted by Gasteiger charge is 2.34. The lowest BCUT2D eigenvalue weighted by atomic mass is 9.95. The lowest BCUT2D eigenvalue weighted by molar-refractivity contribution is -0.104. The summed E-state index contributed by atoms with van der Waals surface area (Å²) in [5.41, 5.74) is 4.57. The first kappa shape index (κ1) is 23.8. The van der Waals surface area contributed by atoms with Crippen LogP contribution in [-0.2, 0) is 14.8 Å². The molecule has 1 aliphatic heterocycles. The molecule has 2 aromatic carbocycles. The molecule has 1 N–H and O–H groups in total. The van der Waals surface area contributed by atoms with Crippen molar-refractivity contribution in [2.75, 3.05) is 30.8 Å². The molecule has 0 bridgehead atoms. The molecule has 1 saturated heterocycles. The summed E-state index contributed by atoms with van der Waals surface area (Å²) >= 11 is 0. The summed E-state index contributed by atoms with van der Waals surface area (Å²) in [5, 5.41) is 8.24. The number of ether oxygens (including phenoxy) is 1. The van der Waals surface area contributed by atoms with Gasteiger partial charge in [0.05, 0.1) is 35.9 Å². The summed E-state index contributed by atoms with van der Waals surface area (Å²) in [7, 11) is -1.91. The van der Waals surface area contributed by atoms with Crippen molar-refractivity contribution in [2.24, 2.45) is 5.92 Å². The van der Waals surface area contributed by atoms with Gasteiger partial charge in [0.2, 0.25) is 10.0 Å². The Balaban J connectivity index is 1.66. The predicted octanol–water partition coefficient (Wildman–Crippen LogP) is 3.76. The number of aromatic nitrogens is 2. The summed E-state index contributed by atoms with van der Waals surface area (Å²) in [6.45, 7) is 5.10. The molecule has 2 aliphatic rings. The number of amides is 1. The molecule has 186 valence electrons. The van der Waals surface area contributed by atoms with Crippen LogP contribution in [0.5, 0.6) is 0 Å². The summed E-state index contributed by atoms with van der Waals surface area (Å²) in [4.78, 5) is 13.0. The molecular weight excluding hydrogens is 464 g/mol. The molecule has 35 heavy (non-hydrogen) atoms. The number of carbonyl (C=O) groups is 1. The van der Waals surface area contributed by atoms with Gasteiger partial charge in [-0.15, -0.1) is 0 Å². The Kier molecular flexibility index (Phi) is 6.09. The zero-order valence-electron chi connectivity index (χ0n) is 20.6. The number of hydrogen-bond acceptors (Lipinski definition) is 5. The highest BCUT2D eigenvalue weighted by atomic mass is 32.2. The minimum atomic E-state index is -3.51. The molecule has 2 atom stereocenters. The fourth-order valence-electron chi connectivity index (χ4n) is 4.78. The van der Waals surface area contributed by atoms with Gasteiger partial charge in [0.25, 0.3) is 5.91 Å². The van der Waals surface area contributed by atoms with Gasteiger partial charge < -0.3 is 10.1 Å². The Hall–Kier alpha value is -2.91. The van der Waals surface area contributed by atoms with Gasteiger partial charge in [-0.2, -0.15) is 5.10 Å². The quantitative estimate of drug-likeness (QED) is 0.513. The predicted molar refractivity (Wildman–Crippen MR) is 137 cm³/mol. The molecule has 1 aromatic heterocycles. The minimum Gasteiger partial charge on any atom is -0.378 e. The van der Waals surface area contributed by atoms with E-state index in [0.717, 1.165) is 41.5 Å². The van der Waals surface area contributed by atoms with Crippen LogP contribution in [-0.4, -0.2) is 56.7 Å².